The Morgan fingerprint density at radius 2 is 1.47 bits per heavy atom. The number of hydrogen-bond donors (Lipinski definition) is 0. The van der Waals surface area contributed by atoms with Crippen LogP contribution in [0.3, 0.4) is 0 Å². The van der Waals surface area contributed by atoms with E-state index in [-0.39, 0.29) is 0 Å². The quantitative estimate of drug-likeness (QED) is 0.362. The maximum Gasteiger partial charge on any atom is 0.112 e. The summed E-state index contributed by atoms with van der Waals surface area (Å²) >= 11 is 0. The van der Waals surface area contributed by atoms with Crippen molar-refractivity contribution >= 4 is 0 Å². The molecule has 0 heterocycles. The van der Waals surface area contributed by atoms with Gasteiger partial charge in [-0.2, -0.15) is 0 Å². The fourth-order valence-electron chi connectivity index (χ4n) is 0.962. The standard InChI is InChI=1S/C18H22O/c1-7-14-19-18(6)13-12-17(5)11-10-16(4)9-8-15(2)3/h8-9,12-13H,2,4-7,14H2,1,3H3/b9-8-,13-12-. The average Bonchev–Trinajstić information content (AvgIpc) is 2.37. The van der Waals surface area contributed by atoms with E-state index in [9.17, 15) is 0 Å². The van der Waals surface area contributed by atoms with Gasteiger partial charge in [-0.05, 0) is 31.6 Å². The summed E-state index contributed by atoms with van der Waals surface area (Å²) in [4.78, 5) is 0. The summed E-state index contributed by atoms with van der Waals surface area (Å²) in [6.07, 6.45) is 8.20. The Hall–Kier alpha value is -2.20. The molecule has 0 N–H and O–H groups in total. The molecule has 0 atom stereocenters. The second kappa shape index (κ2) is 9.79. The van der Waals surface area contributed by atoms with Gasteiger partial charge in [0.2, 0.25) is 0 Å². The van der Waals surface area contributed by atoms with Crippen LogP contribution >= 0.6 is 0 Å². The van der Waals surface area contributed by atoms with Crippen LogP contribution in [0.4, 0.5) is 0 Å². The highest BCUT2D eigenvalue weighted by Gasteiger charge is 1.88. The molecule has 0 fully saturated rings. The lowest BCUT2D eigenvalue weighted by Crippen LogP contribution is -1.89. The minimum absolute atomic E-state index is 0.616. The number of hydrogen-bond acceptors (Lipinski definition) is 1. The molecule has 0 aromatic heterocycles. The van der Waals surface area contributed by atoms with E-state index in [1.165, 1.54) is 0 Å². The zero-order valence-corrected chi connectivity index (χ0v) is 12.0. The zero-order chi connectivity index (χ0) is 14.7. The van der Waals surface area contributed by atoms with Crippen LogP contribution in [0.5, 0.6) is 0 Å². The van der Waals surface area contributed by atoms with Crippen molar-refractivity contribution in [2.24, 2.45) is 0 Å². The maximum atomic E-state index is 5.32. The number of rotatable bonds is 7. The Labute approximate surface area is 117 Å². The van der Waals surface area contributed by atoms with Crippen LogP contribution in [0.1, 0.15) is 20.3 Å². The van der Waals surface area contributed by atoms with Gasteiger partial charge in [-0.25, -0.2) is 0 Å². The second-order valence-electron chi connectivity index (χ2n) is 4.13. The lowest BCUT2D eigenvalue weighted by atomic mass is 10.2. The van der Waals surface area contributed by atoms with Gasteiger partial charge in [-0.1, -0.05) is 56.7 Å². The van der Waals surface area contributed by atoms with Crippen LogP contribution in [0.2, 0.25) is 0 Å². The fourth-order valence-corrected chi connectivity index (χ4v) is 0.962. The molecule has 0 aromatic carbocycles. The Morgan fingerprint density at radius 3 is 1.95 bits per heavy atom. The van der Waals surface area contributed by atoms with E-state index in [0.29, 0.717) is 17.9 Å². The lowest BCUT2D eigenvalue weighted by Gasteiger charge is -2.01. The molecule has 0 aromatic rings. The second-order valence-corrected chi connectivity index (χ2v) is 4.13. The van der Waals surface area contributed by atoms with Crippen LogP contribution in [-0.4, -0.2) is 6.61 Å². The Kier molecular flexibility index (Phi) is 8.66. The third-order valence-corrected chi connectivity index (χ3v) is 1.91. The van der Waals surface area contributed by atoms with E-state index in [1.807, 2.05) is 26.0 Å². The number of allylic oxidation sites excluding steroid dienone is 7. The van der Waals surface area contributed by atoms with Gasteiger partial charge < -0.3 is 4.74 Å². The Bertz CT molecular complexity index is 476. The van der Waals surface area contributed by atoms with Crippen molar-refractivity contribution < 1.29 is 4.74 Å². The molecule has 100 valence electrons. The van der Waals surface area contributed by atoms with Gasteiger partial charge in [-0.15, -0.1) is 0 Å². The molecule has 0 bridgehead atoms. The molecular weight excluding hydrogens is 232 g/mol. The molecule has 1 nitrogen and oxygen atoms in total. The molecule has 0 aliphatic rings. The van der Waals surface area contributed by atoms with E-state index < -0.39 is 0 Å². The van der Waals surface area contributed by atoms with Crippen LogP contribution in [-0.2, 0) is 4.74 Å². The molecule has 0 spiro atoms. The van der Waals surface area contributed by atoms with Crippen molar-refractivity contribution in [1.82, 2.24) is 0 Å². The van der Waals surface area contributed by atoms with Gasteiger partial charge in [0, 0.05) is 11.1 Å². The highest BCUT2D eigenvalue weighted by molar-refractivity contribution is 5.46. The summed E-state index contributed by atoms with van der Waals surface area (Å²) in [6.45, 7) is 19.8. The summed E-state index contributed by atoms with van der Waals surface area (Å²) in [7, 11) is 0. The van der Waals surface area contributed by atoms with Crippen molar-refractivity contribution in [3.8, 4) is 11.8 Å². The van der Waals surface area contributed by atoms with E-state index in [1.54, 1.807) is 12.2 Å². The normalized spacial score (nSPS) is 10.0. The lowest BCUT2D eigenvalue weighted by molar-refractivity contribution is 0.226. The maximum absolute atomic E-state index is 5.32. The van der Waals surface area contributed by atoms with Gasteiger partial charge in [0.05, 0.1) is 6.61 Å². The monoisotopic (exact) mass is 254 g/mol. The van der Waals surface area contributed by atoms with E-state index in [2.05, 4.69) is 38.2 Å². The summed E-state index contributed by atoms with van der Waals surface area (Å²) in [5.74, 6) is 6.44. The first-order valence-corrected chi connectivity index (χ1v) is 6.19. The minimum atomic E-state index is 0.616. The molecule has 0 aliphatic heterocycles. The van der Waals surface area contributed by atoms with Gasteiger partial charge in [-0.3, -0.25) is 0 Å². The highest BCUT2D eigenvalue weighted by Crippen LogP contribution is 2.01. The molecule has 0 saturated carbocycles. The van der Waals surface area contributed by atoms with Crippen LogP contribution < -0.4 is 0 Å². The summed E-state index contributed by atoms with van der Waals surface area (Å²) < 4.78 is 5.32. The average molecular weight is 254 g/mol. The predicted octanol–water partition coefficient (Wildman–Crippen LogP) is 4.73. The smallest absolute Gasteiger partial charge is 0.112 e. The van der Waals surface area contributed by atoms with Crippen molar-refractivity contribution in [2.45, 2.75) is 20.3 Å². The molecule has 0 saturated heterocycles. The third kappa shape index (κ3) is 10.7. The molecule has 19 heavy (non-hydrogen) atoms. The summed E-state index contributed by atoms with van der Waals surface area (Å²) in [6, 6.07) is 0. The van der Waals surface area contributed by atoms with E-state index in [0.717, 1.165) is 17.6 Å². The first-order chi connectivity index (χ1) is 8.95. The van der Waals surface area contributed by atoms with Gasteiger partial charge in [0.15, 0.2) is 0 Å². The zero-order valence-electron chi connectivity index (χ0n) is 12.0. The molecule has 0 aliphatic carbocycles. The molecule has 0 radical (unpaired) electrons. The van der Waals surface area contributed by atoms with Crippen LogP contribution in [0.25, 0.3) is 0 Å². The van der Waals surface area contributed by atoms with Crippen molar-refractivity contribution in [2.75, 3.05) is 6.61 Å². The van der Waals surface area contributed by atoms with Gasteiger partial charge in [0.1, 0.15) is 5.76 Å². The Morgan fingerprint density at radius 1 is 0.947 bits per heavy atom. The third-order valence-electron chi connectivity index (χ3n) is 1.91. The SMILES string of the molecule is C=C(C)/C=C\C(=C)C#CC(=C)/C=C\C(=C)OCCC. The Balaban J connectivity index is 4.32. The first-order valence-electron chi connectivity index (χ1n) is 6.19. The molecular formula is C18H22O. The molecule has 0 rings (SSSR count). The van der Waals surface area contributed by atoms with Gasteiger partial charge in [0.25, 0.3) is 0 Å². The largest absolute Gasteiger partial charge is 0.494 e. The van der Waals surface area contributed by atoms with Gasteiger partial charge >= 0.3 is 0 Å². The highest BCUT2D eigenvalue weighted by atomic mass is 16.5. The summed E-state index contributed by atoms with van der Waals surface area (Å²) in [5, 5.41) is 0. The first kappa shape index (κ1) is 16.8. The molecule has 0 unspecified atom stereocenters. The van der Waals surface area contributed by atoms with Crippen LogP contribution in [0, 0.1) is 11.8 Å². The number of ether oxygens (including phenoxy) is 1. The molecule has 0 amide bonds. The summed E-state index contributed by atoms with van der Waals surface area (Å²) in [5.41, 5.74) is 2.37. The van der Waals surface area contributed by atoms with Crippen molar-refractivity contribution in [1.29, 1.82) is 0 Å². The topological polar surface area (TPSA) is 9.23 Å². The predicted molar refractivity (Wildman–Crippen MR) is 84.5 cm³/mol. The van der Waals surface area contributed by atoms with E-state index >= 15 is 0 Å². The van der Waals surface area contributed by atoms with Crippen LogP contribution in [0.15, 0.2) is 73.1 Å². The van der Waals surface area contributed by atoms with Crippen molar-refractivity contribution in [3.63, 3.8) is 0 Å². The minimum Gasteiger partial charge on any atom is -0.494 e. The van der Waals surface area contributed by atoms with Crippen molar-refractivity contribution in [3.05, 3.63) is 73.1 Å². The van der Waals surface area contributed by atoms with E-state index in [4.69, 9.17) is 4.74 Å². The molecule has 1 heteroatoms. The fraction of sp³-hybridized carbons (Fsp3) is 0.222.